The molecule has 1 aromatic carbocycles. The summed E-state index contributed by atoms with van der Waals surface area (Å²) in [5.74, 6) is 0.298. The molecule has 0 amide bonds. The number of hydrogen-bond donors (Lipinski definition) is 3. The van der Waals surface area contributed by atoms with Crippen LogP contribution in [-0.2, 0) is 17.6 Å². The smallest absolute Gasteiger partial charge is 0.337 e. The number of aromatic nitrogens is 2. The van der Waals surface area contributed by atoms with E-state index in [1.165, 1.54) is 0 Å². The molecule has 2 aliphatic carbocycles. The summed E-state index contributed by atoms with van der Waals surface area (Å²) >= 11 is 0. The fourth-order valence-corrected chi connectivity index (χ4v) is 5.40. The number of carboxylic acid groups (broad SMARTS) is 1. The fourth-order valence-electron chi connectivity index (χ4n) is 5.40. The Bertz CT molecular complexity index is 1260. The van der Waals surface area contributed by atoms with Crippen LogP contribution in [0.4, 0.5) is 0 Å². The molecule has 8 heteroatoms. The van der Waals surface area contributed by atoms with Crippen LogP contribution in [0.25, 0.3) is 22.5 Å². The second-order valence-electron chi connectivity index (χ2n) is 9.99. The molecule has 188 valence electrons. The zero-order valence-electron chi connectivity index (χ0n) is 20.3. The number of morpholine rings is 1. The maximum Gasteiger partial charge on any atom is 0.337 e. The van der Waals surface area contributed by atoms with Crippen molar-refractivity contribution in [3.8, 4) is 28.3 Å². The second kappa shape index (κ2) is 9.69. The predicted molar refractivity (Wildman–Crippen MR) is 136 cm³/mol. The number of nitrogens with zero attached hydrogens (tertiary/aromatic N) is 2. The Hall–Kier alpha value is -3.20. The summed E-state index contributed by atoms with van der Waals surface area (Å²) in [7, 11) is 0. The van der Waals surface area contributed by atoms with Gasteiger partial charge in [0.1, 0.15) is 12.4 Å². The normalized spacial score (nSPS) is 18.4. The van der Waals surface area contributed by atoms with E-state index in [0.717, 1.165) is 91.5 Å². The maximum atomic E-state index is 12.2. The first kappa shape index (κ1) is 23.2. The maximum absolute atomic E-state index is 12.2. The molecule has 36 heavy (non-hydrogen) atoms. The number of ether oxygens (including phenoxy) is 2. The van der Waals surface area contributed by atoms with E-state index in [2.05, 4.69) is 16.0 Å². The van der Waals surface area contributed by atoms with E-state index >= 15 is 0 Å². The second-order valence-corrected chi connectivity index (χ2v) is 9.99. The summed E-state index contributed by atoms with van der Waals surface area (Å²) in [5.41, 5.74) is 13.2. The number of carbonyl (C=O) groups is 1. The Balaban J connectivity index is 1.22. The van der Waals surface area contributed by atoms with Crippen LogP contribution >= 0.6 is 0 Å². The molecule has 2 fully saturated rings. The van der Waals surface area contributed by atoms with E-state index < -0.39 is 5.97 Å². The van der Waals surface area contributed by atoms with E-state index in [4.69, 9.17) is 20.2 Å². The standard InChI is InChI=1S/C28H32N4O4/c29-25(18-1-2-18)27-24(28(33)34)21-8-5-19-16-30-23(15-22(19)26(21)31-27)17-3-6-20(7-4-17)36-14-11-32-9-12-35-13-10-32/h3-4,6-7,15-16,18,25,31H,1-2,5,8-14,29H2,(H,33,34). The van der Waals surface area contributed by atoms with Gasteiger partial charge in [0, 0.05) is 48.7 Å². The van der Waals surface area contributed by atoms with Crippen molar-refractivity contribution in [2.45, 2.75) is 31.7 Å². The molecule has 0 spiro atoms. The fraction of sp³-hybridized carbons (Fsp3) is 0.429. The van der Waals surface area contributed by atoms with Crippen molar-refractivity contribution in [3.05, 3.63) is 58.9 Å². The Morgan fingerprint density at radius 1 is 1.22 bits per heavy atom. The van der Waals surface area contributed by atoms with Crippen molar-refractivity contribution in [2.75, 3.05) is 39.5 Å². The van der Waals surface area contributed by atoms with Gasteiger partial charge in [-0.2, -0.15) is 0 Å². The zero-order valence-corrected chi connectivity index (χ0v) is 20.3. The van der Waals surface area contributed by atoms with Gasteiger partial charge in [-0.1, -0.05) is 0 Å². The van der Waals surface area contributed by atoms with Crippen molar-refractivity contribution in [1.82, 2.24) is 14.9 Å². The van der Waals surface area contributed by atoms with Crippen LogP contribution in [-0.4, -0.2) is 65.4 Å². The number of hydrogen-bond acceptors (Lipinski definition) is 6. The molecule has 1 aliphatic heterocycles. The van der Waals surface area contributed by atoms with E-state index in [9.17, 15) is 9.90 Å². The molecule has 3 aliphatic rings. The quantitative estimate of drug-likeness (QED) is 0.443. The van der Waals surface area contributed by atoms with E-state index in [1.54, 1.807) is 0 Å². The highest BCUT2D eigenvalue weighted by Crippen LogP contribution is 2.44. The van der Waals surface area contributed by atoms with Crippen LogP contribution in [0.3, 0.4) is 0 Å². The van der Waals surface area contributed by atoms with Crippen molar-refractivity contribution in [3.63, 3.8) is 0 Å². The van der Waals surface area contributed by atoms with Gasteiger partial charge >= 0.3 is 5.97 Å². The number of H-pyrrole nitrogens is 1. The van der Waals surface area contributed by atoms with Gasteiger partial charge in [-0.05, 0) is 73.1 Å². The number of pyridine rings is 1. The minimum Gasteiger partial charge on any atom is -0.492 e. The van der Waals surface area contributed by atoms with Gasteiger partial charge in [0.2, 0.25) is 0 Å². The largest absolute Gasteiger partial charge is 0.492 e. The van der Waals surface area contributed by atoms with Crippen molar-refractivity contribution < 1.29 is 19.4 Å². The lowest BCUT2D eigenvalue weighted by molar-refractivity contribution is 0.0322. The molecule has 1 saturated carbocycles. The number of benzene rings is 1. The van der Waals surface area contributed by atoms with E-state index in [1.807, 2.05) is 30.5 Å². The van der Waals surface area contributed by atoms with Crippen molar-refractivity contribution >= 4 is 5.97 Å². The average molecular weight is 489 g/mol. The third-order valence-corrected chi connectivity index (χ3v) is 7.64. The molecule has 6 rings (SSSR count). The third-order valence-electron chi connectivity index (χ3n) is 7.64. The summed E-state index contributed by atoms with van der Waals surface area (Å²) in [6.45, 7) is 5.02. The van der Waals surface area contributed by atoms with Gasteiger partial charge in [0.05, 0.1) is 30.2 Å². The van der Waals surface area contributed by atoms with Gasteiger partial charge in [-0.15, -0.1) is 0 Å². The SMILES string of the molecule is NC(c1[nH]c2c(c1C(=O)O)CCc1cnc(-c3ccc(OCCN4CCOCC4)cc3)cc1-2)C1CC1. The first-order chi connectivity index (χ1) is 17.6. The number of nitrogens with two attached hydrogens (primary N) is 1. The van der Waals surface area contributed by atoms with Gasteiger partial charge in [0.25, 0.3) is 0 Å². The number of rotatable bonds is 8. The highest BCUT2D eigenvalue weighted by molar-refractivity contribution is 5.95. The van der Waals surface area contributed by atoms with Gasteiger partial charge < -0.3 is 25.3 Å². The van der Waals surface area contributed by atoms with Crippen LogP contribution in [0.5, 0.6) is 5.75 Å². The number of aromatic amines is 1. The minimum atomic E-state index is -0.902. The Morgan fingerprint density at radius 2 is 2.00 bits per heavy atom. The van der Waals surface area contributed by atoms with Crippen molar-refractivity contribution in [1.29, 1.82) is 0 Å². The monoisotopic (exact) mass is 488 g/mol. The molecule has 1 atom stereocenters. The van der Waals surface area contributed by atoms with Crippen LogP contribution in [0, 0.1) is 5.92 Å². The predicted octanol–water partition coefficient (Wildman–Crippen LogP) is 3.66. The molecule has 3 heterocycles. The number of nitrogens with one attached hydrogen (secondary N) is 1. The highest BCUT2D eigenvalue weighted by Gasteiger charge is 2.36. The Morgan fingerprint density at radius 3 is 2.72 bits per heavy atom. The number of aromatic carboxylic acids is 1. The topological polar surface area (TPSA) is 114 Å². The Labute approximate surface area is 210 Å². The lowest BCUT2D eigenvalue weighted by Crippen LogP contribution is -2.38. The van der Waals surface area contributed by atoms with Gasteiger partial charge in [-0.3, -0.25) is 9.88 Å². The average Bonchev–Trinajstić information content (AvgIpc) is 3.68. The molecule has 3 aromatic rings. The summed E-state index contributed by atoms with van der Waals surface area (Å²) in [6, 6.07) is 9.80. The zero-order chi connectivity index (χ0) is 24.6. The first-order valence-corrected chi connectivity index (χ1v) is 12.8. The summed E-state index contributed by atoms with van der Waals surface area (Å²) < 4.78 is 11.3. The number of aryl methyl sites for hydroxylation is 1. The number of fused-ring (bicyclic) bond motifs is 3. The summed E-state index contributed by atoms with van der Waals surface area (Å²) in [5, 5.41) is 10.00. The number of carboxylic acids is 1. The molecular weight excluding hydrogens is 456 g/mol. The molecule has 1 saturated heterocycles. The van der Waals surface area contributed by atoms with Crippen LogP contribution < -0.4 is 10.5 Å². The van der Waals surface area contributed by atoms with Crippen molar-refractivity contribution in [2.24, 2.45) is 11.7 Å². The molecule has 8 nitrogen and oxygen atoms in total. The lowest BCUT2D eigenvalue weighted by atomic mass is 9.88. The van der Waals surface area contributed by atoms with Gasteiger partial charge in [0.15, 0.2) is 0 Å². The van der Waals surface area contributed by atoms with E-state index in [0.29, 0.717) is 30.2 Å². The molecule has 0 bridgehead atoms. The first-order valence-electron chi connectivity index (χ1n) is 12.8. The third kappa shape index (κ3) is 4.52. The van der Waals surface area contributed by atoms with Crippen LogP contribution in [0.2, 0.25) is 0 Å². The molecule has 1 unspecified atom stereocenters. The van der Waals surface area contributed by atoms with Crippen LogP contribution in [0.1, 0.15) is 46.1 Å². The lowest BCUT2D eigenvalue weighted by Gasteiger charge is -2.26. The summed E-state index contributed by atoms with van der Waals surface area (Å²) in [4.78, 5) is 22.7. The molecule has 0 radical (unpaired) electrons. The highest BCUT2D eigenvalue weighted by atomic mass is 16.5. The molecular formula is C28H32N4O4. The Kier molecular flexibility index (Phi) is 6.25. The minimum absolute atomic E-state index is 0.262. The van der Waals surface area contributed by atoms with Gasteiger partial charge in [-0.25, -0.2) is 4.79 Å². The van der Waals surface area contributed by atoms with Crippen LogP contribution in [0.15, 0.2) is 36.5 Å². The molecule has 2 aromatic heterocycles. The molecule has 4 N–H and O–H groups in total. The van der Waals surface area contributed by atoms with E-state index in [-0.39, 0.29) is 6.04 Å². The summed E-state index contributed by atoms with van der Waals surface area (Å²) in [6.07, 6.45) is 5.47.